The number of aryl methyl sites for hydroxylation is 1. The lowest BCUT2D eigenvalue weighted by molar-refractivity contribution is 0.481. The fraction of sp³-hybridized carbons (Fsp3) is 0.308. The van der Waals surface area contributed by atoms with Gasteiger partial charge in [-0.1, -0.05) is 13.0 Å². The summed E-state index contributed by atoms with van der Waals surface area (Å²) in [5.41, 5.74) is 5.96. The van der Waals surface area contributed by atoms with E-state index in [1.165, 1.54) is 6.07 Å². The predicted molar refractivity (Wildman–Crippen MR) is 76.6 cm³/mol. The maximum atomic E-state index is 11.6. The molecule has 20 heavy (non-hydrogen) atoms. The molecule has 2 N–H and O–H groups in total. The number of anilines is 1. The molecule has 1 aromatic carbocycles. The molecule has 0 aliphatic carbocycles. The molecule has 0 unspecified atom stereocenters. The first kappa shape index (κ1) is 14.4. The molecule has 108 valence electrons. The summed E-state index contributed by atoms with van der Waals surface area (Å²) in [6, 6.07) is 4.68. The summed E-state index contributed by atoms with van der Waals surface area (Å²) in [4.78, 5) is 0.0657. The van der Waals surface area contributed by atoms with Crippen LogP contribution in [0.25, 0.3) is 0 Å². The lowest BCUT2D eigenvalue weighted by Crippen LogP contribution is -2.03. The summed E-state index contributed by atoms with van der Waals surface area (Å²) in [5.74, 6) is 0.833. The van der Waals surface area contributed by atoms with Gasteiger partial charge in [0.25, 0.3) is 0 Å². The average Bonchev–Trinajstić information content (AvgIpc) is 2.78. The van der Waals surface area contributed by atoms with Gasteiger partial charge in [-0.2, -0.15) is 5.10 Å². The van der Waals surface area contributed by atoms with Crippen LogP contribution in [0.4, 0.5) is 5.69 Å². The summed E-state index contributed by atoms with van der Waals surface area (Å²) < 4.78 is 30.5. The Morgan fingerprint density at radius 1 is 1.40 bits per heavy atom. The molecule has 0 atom stereocenters. The van der Waals surface area contributed by atoms with Crippen LogP contribution in [0.5, 0.6) is 11.5 Å². The van der Waals surface area contributed by atoms with E-state index in [4.69, 9.17) is 10.5 Å². The van der Waals surface area contributed by atoms with Crippen molar-refractivity contribution >= 4 is 15.5 Å². The summed E-state index contributed by atoms with van der Waals surface area (Å²) in [5, 5.41) is 4.14. The maximum absolute atomic E-state index is 11.6. The van der Waals surface area contributed by atoms with Gasteiger partial charge >= 0.3 is 0 Å². The number of nitrogen functional groups attached to an aromatic ring is 1. The second-order valence-corrected chi connectivity index (χ2v) is 6.47. The molecule has 0 amide bonds. The smallest absolute Gasteiger partial charge is 0.177 e. The lowest BCUT2D eigenvalue weighted by atomic mass is 10.3. The maximum Gasteiger partial charge on any atom is 0.177 e. The van der Waals surface area contributed by atoms with Gasteiger partial charge in [-0.15, -0.1) is 0 Å². The summed E-state index contributed by atoms with van der Waals surface area (Å²) in [6.45, 7) is 2.85. The van der Waals surface area contributed by atoms with Crippen LogP contribution >= 0.6 is 0 Å². The third-order valence-corrected chi connectivity index (χ3v) is 3.87. The van der Waals surface area contributed by atoms with Crippen LogP contribution in [0, 0.1) is 0 Å². The van der Waals surface area contributed by atoms with Gasteiger partial charge in [-0.05, 0) is 18.6 Å². The van der Waals surface area contributed by atoms with E-state index in [2.05, 4.69) is 12.0 Å². The van der Waals surface area contributed by atoms with Gasteiger partial charge in [-0.3, -0.25) is 4.68 Å². The quantitative estimate of drug-likeness (QED) is 0.853. The van der Waals surface area contributed by atoms with E-state index in [0.29, 0.717) is 11.5 Å². The number of hydrogen-bond acceptors (Lipinski definition) is 5. The molecule has 0 radical (unpaired) electrons. The van der Waals surface area contributed by atoms with E-state index in [1.807, 2.05) is 0 Å². The highest BCUT2D eigenvalue weighted by Crippen LogP contribution is 2.32. The minimum Gasteiger partial charge on any atom is -0.452 e. The number of nitrogens with zero attached hydrogens (tertiary/aromatic N) is 2. The molecule has 0 saturated carbocycles. The highest BCUT2D eigenvalue weighted by Gasteiger charge is 2.15. The molecule has 0 saturated heterocycles. The standard InChI is InChI=1S/C13H17N3O3S/c1-3-7-16-9-10(8-15-16)19-11-5-4-6-12(13(11)14)20(2,17)18/h4-6,8-9H,3,7,14H2,1-2H3. The lowest BCUT2D eigenvalue weighted by Gasteiger charge is -2.09. The second kappa shape index (κ2) is 5.54. The van der Waals surface area contributed by atoms with Gasteiger partial charge in [0.2, 0.25) is 0 Å². The zero-order valence-corrected chi connectivity index (χ0v) is 12.2. The minimum absolute atomic E-state index is 0.0657. The largest absolute Gasteiger partial charge is 0.452 e. The van der Waals surface area contributed by atoms with Crippen molar-refractivity contribution in [2.24, 2.45) is 0 Å². The second-order valence-electron chi connectivity index (χ2n) is 4.48. The van der Waals surface area contributed by atoms with Crippen LogP contribution in [0.2, 0.25) is 0 Å². The molecular formula is C13H17N3O3S. The van der Waals surface area contributed by atoms with Gasteiger partial charge in [0.15, 0.2) is 21.3 Å². The fourth-order valence-corrected chi connectivity index (χ4v) is 2.64. The van der Waals surface area contributed by atoms with E-state index in [9.17, 15) is 8.42 Å². The number of nitrogens with two attached hydrogens (primary N) is 1. The normalized spacial score (nSPS) is 11.5. The first-order chi connectivity index (χ1) is 9.41. The third kappa shape index (κ3) is 3.11. The van der Waals surface area contributed by atoms with Crippen LogP contribution in [-0.2, 0) is 16.4 Å². The Labute approximate surface area is 118 Å². The van der Waals surface area contributed by atoms with Crippen molar-refractivity contribution in [3.8, 4) is 11.5 Å². The van der Waals surface area contributed by atoms with Crippen molar-refractivity contribution in [2.75, 3.05) is 12.0 Å². The first-order valence-electron chi connectivity index (χ1n) is 6.20. The Hall–Kier alpha value is -2.02. The summed E-state index contributed by atoms with van der Waals surface area (Å²) in [6.07, 6.45) is 5.40. The molecule has 0 fully saturated rings. The van der Waals surface area contributed by atoms with Crippen molar-refractivity contribution in [3.05, 3.63) is 30.6 Å². The molecule has 1 aromatic heterocycles. The Balaban J connectivity index is 2.29. The fourth-order valence-electron chi connectivity index (χ4n) is 1.81. The van der Waals surface area contributed by atoms with Crippen LogP contribution in [0.3, 0.4) is 0 Å². The van der Waals surface area contributed by atoms with E-state index >= 15 is 0 Å². The molecule has 2 aromatic rings. The zero-order valence-electron chi connectivity index (χ0n) is 11.4. The summed E-state index contributed by atoms with van der Waals surface area (Å²) in [7, 11) is -3.38. The third-order valence-electron chi connectivity index (χ3n) is 2.72. The molecule has 7 heteroatoms. The van der Waals surface area contributed by atoms with E-state index in [0.717, 1.165) is 19.2 Å². The number of ether oxygens (including phenoxy) is 1. The SMILES string of the molecule is CCCn1cc(Oc2cccc(S(C)(=O)=O)c2N)cn1. The highest BCUT2D eigenvalue weighted by molar-refractivity contribution is 7.90. The van der Waals surface area contributed by atoms with E-state index in [-0.39, 0.29) is 10.6 Å². The number of rotatable bonds is 5. The Morgan fingerprint density at radius 3 is 2.80 bits per heavy atom. The van der Waals surface area contributed by atoms with Crippen molar-refractivity contribution < 1.29 is 13.2 Å². The number of para-hydroxylation sites is 1. The van der Waals surface area contributed by atoms with Crippen molar-refractivity contribution in [1.82, 2.24) is 9.78 Å². The molecule has 2 rings (SSSR count). The van der Waals surface area contributed by atoms with Crippen molar-refractivity contribution in [2.45, 2.75) is 24.8 Å². The van der Waals surface area contributed by atoms with Crippen LogP contribution < -0.4 is 10.5 Å². The van der Waals surface area contributed by atoms with Crippen LogP contribution in [0.15, 0.2) is 35.5 Å². The number of hydrogen-bond donors (Lipinski definition) is 1. The molecule has 0 spiro atoms. The van der Waals surface area contributed by atoms with Gasteiger partial charge in [-0.25, -0.2) is 8.42 Å². The summed E-state index contributed by atoms with van der Waals surface area (Å²) >= 11 is 0. The Kier molecular flexibility index (Phi) is 3.99. The number of sulfone groups is 1. The molecule has 0 aliphatic rings. The Morgan fingerprint density at radius 2 is 2.15 bits per heavy atom. The Bertz CT molecular complexity index is 707. The van der Waals surface area contributed by atoms with Crippen molar-refractivity contribution in [1.29, 1.82) is 0 Å². The molecular weight excluding hydrogens is 278 g/mol. The average molecular weight is 295 g/mol. The van der Waals surface area contributed by atoms with Crippen molar-refractivity contribution in [3.63, 3.8) is 0 Å². The van der Waals surface area contributed by atoms with Crippen LogP contribution in [0.1, 0.15) is 13.3 Å². The van der Waals surface area contributed by atoms with Gasteiger partial charge in [0.1, 0.15) is 0 Å². The zero-order chi connectivity index (χ0) is 14.8. The number of aromatic nitrogens is 2. The van der Waals surface area contributed by atoms with Gasteiger partial charge in [0.05, 0.1) is 23.0 Å². The monoisotopic (exact) mass is 295 g/mol. The number of benzene rings is 1. The molecule has 6 nitrogen and oxygen atoms in total. The first-order valence-corrected chi connectivity index (χ1v) is 8.10. The minimum atomic E-state index is -3.38. The highest BCUT2D eigenvalue weighted by atomic mass is 32.2. The van der Waals surface area contributed by atoms with Gasteiger partial charge < -0.3 is 10.5 Å². The molecule has 0 aliphatic heterocycles. The topological polar surface area (TPSA) is 87.2 Å². The predicted octanol–water partition coefficient (Wildman–Crippen LogP) is 2.07. The molecule has 1 heterocycles. The van der Waals surface area contributed by atoms with Crippen LogP contribution in [-0.4, -0.2) is 24.5 Å². The van der Waals surface area contributed by atoms with E-state index in [1.54, 1.807) is 29.2 Å². The van der Waals surface area contributed by atoms with E-state index < -0.39 is 9.84 Å². The van der Waals surface area contributed by atoms with Gasteiger partial charge in [0, 0.05) is 12.8 Å². The molecule has 0 bridgehead atoms.